The van der Waals surface area contributed by atoms with Crippen molar-refractivity contribution in [2.24, 2.45) is 5.41 Å². The van der Waals surface area contributed by atoms with E-state index in [0.717, 1.165) is 35.5 Å². The third kappa shape index (κ3) is 2.97. The van der Waals surface area contributed by atoms with Crippen molar-refractivity contribution in [2.45, 2.75) is 0 Å². The minimum atomic E-state index is -2.65. The van der Waals surface area contributed by atoms with Crippen LogP contribution in [0.5, 0.6) is 0 Å². The molecule has 0 N–H and O–H groups in total. The Balaban J connectivity index is 3.99. The Morgan fingerprint density at radius 3 is 1.48 bits per heavy atom. The molecule has 0 spiro atoms. The zero-order valence-corrected chi connectivity index (χ0v) is 14.1. The summed E-state index contributed by atoms with van der Waals surface area (Å²) in [4.78, 5) is 61.0. The van der Waals surface area contributed by atoms with Gasteiger partial charge in [0, 0.05) is 6.08 Å². The number of carbonyl (C=O) groups excluding carboxylic acids is 5. The predicted octanol–water partition coefficient (Wildman–Crippen LogP) is -1.12. The van der Waals surface area contributed by atoms with Crippen LogP contribution in [0.1, 0.15) is 0 Å². The maximum absolute atomic E-state index is 12.3. The molecule has 25 heavy (non-hydrogen) atoms. The van der Waals surface area contributed by atoms with Crippen LogP contribution >= 0.6 is 0 Å². The number of hydrogen-bond donors (Lipinski definition) is 0. The highest BCUT2D eigenvalue weighted by atomic mass is 16.6. The molecule has 0 saturated carbocycles. The van der Waals surface area contributed by atoms with Crippen molar-refractivity contribution in [3.05, 3.63) is 22.8 Å². The van der Waals surface area contributed by atoms with Gasteiger partial charge in [0.05, 0.1) is 52.3 Å². The highest BCUT2D eigenvalue weighted by Crippen LogP contribution is 2.44. The van der Waals surface area contributed by atoms with Crippen molar-refractivity contribution < 1.29 is 47.7 Å². The highest BCUT2D eigenvalue weighted by Gasteiger charge is 2.61. The molecule has 0 aliphatic heterocycles. The van der Waals surface area contributed by atoms with E-state index >= 15 is 0 Å². The van der Waals surface area contributed by atoms with Crippen LogP contribution in [-0.2, 0) is 47.7 Å². The number of rotatable bonds is 5. The van der Waals surface area contributed by atoms with E-state index in [1.807, 2.05) is 0 Å². The molecule has 10 nitrogen and oxygen atoms in total. The second kappa shape index (κ2) is 7.60. The molecule has 0 atom stereocenters. The fourth-order valence-electron chi connectivity index (χ4n) is 2.24. The lowest BCUT2D eigenvalue weighted by Crippen LogP contribution is -2.43. The van der Waals surface area contributed by atoms with Gasteiger partial charge in [-0.3, -0.25) is 9.59 Å². The average Bonchev–Trinajstić information content (AvgIpc) is 3.01. The third-order valence-corrected chi connectivity index (χ3v) is 3.34. The van der Waals surface area contributed by atoms with E-state index in [1.165, 1.54) is 0 Å². The third-order valence-electron chi connectivity index (χ3n) is 3.34. The van der Waals surface area contributed by atoms with Gasteiger partial charge < -0.3 is 23.7 Å². The lowest BCUT2D eigenvalue weighted by molar-refractivity contribution is -0.165. The van der Waals surface area contributed by atoms with Crippen LogP contribution in [-0.4, -0.2) is 65.4 Å². The monoisotopic (exact) mass is 355 g/mol. The number of esters is 5. The van der Waals surface area contributed by atoms with Crippen LogP contribution in [0.2, 0.25) is 0 Å². The Bertz CT molecular complexity index is 681. The molecular weight excluding hydrogens is 340 g/mol. The summed E-state index contributed by atoms with van der Waals surface area (Å²) in [6.07, 6.45) is 2.20. The predicted molar refractivity (Wildman–Crippen MR) is 76.3 cm³/mol. The molecule has 0 unspecified atom stereocenters. The summed E-state index contributed by atoms with van der Waals surface area (Å²) in [6.45, 7) is 0. The van der Waals surface area contributed by atoms with E-state index in [9.17, 15) is 24.0 Å². The number of methoxy groups -OCH3 is 5. The first-order valence-electron chi connectivity index (χ1n) is 6.58. The van der Waals surface area contributed by atoms with Crippen LogP contribution in [0, 0.1) is 11.5 Å². The summed E-state index contributed by atoms with van der Waals surface area (Å²) >= 11 is 0. The Kier molecular flexibility index (Phi) is 6.04. The maximum Gasteiger partial charge on any atom is 0.339 e. The first kappa shape index (κ1) is 19.9. The fourth-order valence-corrected chi connectivity index (χ4v) is 2.24. The van der Waals surface area contributed by atoms with Crippen molar-refractivity contribution in [1.29, 1.82) is 0 Å². The van der Waals surface area contributed by atoms with Crippen LogP contribution in [0.4, 0.5) is 0 Å². The summed E-state index contributed by atoms with van der Waals surface area (Å²) < 4.78 is 22.7. The number of hydrogen-bond acceptors (Lipinski definition) is 10. The van der Waals surface area contributed by atoms with Gasteiger partial charge in [0.25, 0.3) is 0 Å². The molecule has 1 aliphatic carbocycles. The summed E-state index contributed by atoms with van der Waals surface area (Å²) in [5.74, 6) is -6.23. The van der Waals surface area contributed by atoms with Crippen molar-refractivity contribution in [3.63, 3.8) is 0 Å². The smallest absolute Gasteiger partial charge is 0.339 e. The van der Waals surface area contributed by atoms with E-state index in [-0.39, 0.29) is 0 Å². The topological polar surface area (TPSA) is 132 Å². The summed E-state index contributed by atoms with van der Waals surface area (Å²) in [5.41, 5.74) is -4.84. The van der Waals surface area contributed by atoms with Gasteiger partial charge >= 0.3 is 29.8 Å². The molecule has 0 saturated heterocycles. The molecule has 10 heteroatoms. The van der Waals surface area contributed by atoms with Crippen molar-refractivity contribution in [1.82, 2.24) is 0 Å². The molecule has 0 fully saturated rings. The summed E-state index contributed by atoms with van der Waals surface area (Å²) in [7, 11) is 4.75. The standard InChI is InChI=1S/C15H15O10/c1-21-10(16)7-6-15(13(19)24-4,14(20)25-5)9(12(18)23-3)8(7)11(17)22-2/h1-5H3. The molecule has 0 bridgehead atoms. The summed E-state index contributed by atoms with van der Waals surface area (Å²) in [6, 6.07) is 0. The van der Waals surface area contributed by atoms with Crippen LogP contribution < -0.4 is 0 Å². The molecule has 1 rings (SSSR count). The normalized spacial score (nSPS) is 15.0. The zero-order valence-electron chi connectivity index (χ0n) is 14.1. The van der Waals surface area contributed by atoms with Gasteiger partial charge in [0.15, 0.2) is 0 Å². The molecule has 0 amide bonds. The molecule has 0 heterocycles. The molecule has 135 valence electrons. The van der Waals surface area contributed by atoms with Gasteiger partial charge in [0.1, 0.15) is 0 Å². The number of ether oxygens (including phenoxy) is 5. The van der Waals surface area contributed by atoms with Gasteiger partial charge in [-0.1, -0.05) is 0 Å². The second-order valence-electron chi connectivity index (χ2n) is 4.46. The molecule has 0 aromatic heterocycles. The largest absolute Gasteiger partial charge is 0.468 e. The quantitative estimate of drug-likeness (QED) is 0.339. The molecule has 0 aromatic rings. The number of carbonyl (C=O) groups is 5. The molecule has 1 radical (unpaired) electrons. The van der Waals surface area contributed by atoms with Crippen LogP contribution in [0.25, 0.3) is 0 Å². The van der Waals surface area contributed by atoms with Gasteiger partial charge in [-0.15, -0.1) is 0 Å². The lowest BCUT2D eigenvalue weighted by atomic mass is 9.81. The summed E-state index contributed by atoms with van der Waals surface area (Å²) in [5, 5.41) is 0. The van der Waals surface area contributed by atoms with Crippen LogP contribution in [0.15, 0.2) is 16.7 Å². The Morgan fingerprint density at radius 1 is 0.680 bits per heavy atom. The van der Waals surface area contributed by atoms with Crippen molar-refractivity contribution >= 4 is 29.8 Å². The first-order valence-corrected chi connectivity index (χ1v) is 6.58. The highest BCUT2D eigenvalue weighted by molar-refractivity contribution is 6.22. The minimum absolute atomic E-state index is 0.662. The van der Waals surface area contributed by atoms with E-state index in [2.05, 4.69) is 29.8 Å². The Morgan fingerprint density at radius 2 is 1.12 bits per heavy atom. The zero-order chi connectivity index (χ0) is 19.4. The van der Waals surface area contributed by atoms with E-state index < -0.39 is 52.0 Å². The second-order valence-corrected chi connectivity index (χ2v) is 4.46. The van der Waals surface area contributed by atoms with Crippen molar-refractivity contribution in [2.75, 3.05) is 35.5 Å². The molecule has 0 aromatic carbocycles. The van der Waals surface area contributed by atoms with E-state index in [4.69, 9.17) is 0 Å². The Hall–Kier alpha value is -3.17. The van der Waals surface area contributed by atoms with Gasteiger partial charge in [0.2, 0.25) is 5.41 Å². The minimum Gasteiger partial charge on any atom is -0.468 e. The first-order chi connectivity index (χ1) is 11.8. The average molecular weight is 355 g/mol. The molecule has 1 aliphatic rings. The molecular formula is C15H15O10. The maximum atomic E-state index is 12.3. The van der Waals surface area contributed by atoms with E-state index in [1.54, 1.807) is 0 Å². The SMILES string of the molecule is COC(=O)C1=[C]C(C(=O)OC)(C(=O)OC)C(C(=O)OC)=C1C(=O)OC. The van der Waals surface area contributed by atoms with Gasteiger partial charge in [-0.05, 0) is 0 Å². The van der Waals surface area contributed by atoms with Crippen LogP contribution in [0.3, 0.4) is 0 Å². The fraction of sp³-hybridized carbons (Fsp3) is 0.400. The van der Waals surface area contributed by atoms with Gasteiger partial charge in [-0.2, -0.15) is 0 Å². The van der Waals surface area contributed by atoms with Crippen molar-refractivity contribution in [3.8, 4) is 0 Å². The van der Waals surface area contributed by atoms with E-state index in [0.29, 0.717) is 0 Å². The lowest BCUT2D eigenvalue weighted by Gasteiger charge is -2.23. The van der Waals surface area contributed by atoms with Gasteiger partial charge in [-0.25, -0.2) is 14.4 Å². The Labute approximate surface area is 142 Å².